The maximum absolute atomic E-state index is 13.3. The van der Waals surface area contributed by atoms with Gasteiger partial charge in [0.05, 0.1) is 18.0 Å². The van der Waals surface area contributed by atoms with Crippen LogP contribution in [-0.4, -0.2) is 39.7 Å². The number of amidine groups is 1. The average molecular weight is 627 g/mol. The Hall–Kier alpha value is -5.00. The van der Waals surface area contributed by atoms with E-state index in [0.29, 0.717) is 34.4 Å². The minimum absolute atomic E-state index is 0.105. The lowest BCUT2D eigenvalue weighted by Gasteiger charge is -2.19. The maximum Gasteiger partial charge on any atom is 0.335 e. The summed E-state index contributed by atoms with van der Waals surface area (Å²) < 4.78 is 35.9. The zero-order valence-electron chi connectivity index (χ0n) is 25.7. The molecule has 0 heterocycles. The second-order valence-corrected chi connectivity index (χ2v) is 12.2. The summed E-state index contributed by atoms with van der Waals surface area (Å²) in [6.45, 7) is 5.21. The largest absolute Gasteiger partial charge is 0.496 e. The van der Waals surface area contributed by atoms with E-state index in [-0.39, 0.29) is 16.8 Å². The van der Waals surface area contributed by atoms with E-state index in [1.165, 1.54) is 13.3 Å². The van der Waals surface area contributed by atoms with Crippen LogP contribution in [0.1, 0.15) is 45.0 Å². The molecule has 6 N–H and O–H groups in total. The number of ether oxygens (including phenoxy) is 1. The standard InChI is InChI=1S/C34H38N6O4S/c1-22-18-30(44-4)23(2)24(3)32(22)45(42,43)40-33(36)28-17-11-12-25(19-28)20-29(35)21-37-39-34(41)38-31(26-13-7-5-8-14-26)27-15-9-6-10-16-27/h5-19,21,29,31H,20,35H2,1-4H3,(H2,36,40)(H2,38,39,41)/b37-21-. The molecule has 45 heavy (non-hydrogen) atoms. The molecular weight excluding hydrogens is 588 g/mol. The minimum atomic E-state index is -4.10. The summed E-state index contributed by atoms with van der Waals surface area (Å²) in [6.07, 6.45) is 1.79. The van der Waals surface area contributed by atoms with Gasteiger partial charge in [0.25, 0.3) is 10.0 Å². The highest BCUT2D eigenvalue weighted by Gasteiger charge is 2.23. The number of sulfonamides is 1. The van der Waals surface area contributed by atoms with Crippen molar-refractivity contribution < 1.29 is 17.9 Å². The lowest BCUT2D eigenvalue weighted by atomic mass is 9.99. The fourth-order valence-corrected chi connectivity index (χ4v) is 6.51. The van der Waals surface area contributed by atoms with Gasteiger partial charge in [-0.3, -0.25) is 0 Å². The van der Waals surface area contributed by atoms with E-state index in [9.17, 15) is 13.2 Å². The van der Waals surface area contributed by atoms with Gasteiger partial charge in [0.2, 0.25) is 0 Å². The molecule has 10 nitrogen and oxygen atoms in total. The van der Waals surface area contributed by atoms with E-state index in [4.69, 9.17) is 16.2 Å². The van der Waals surface area contributed by atoms with Crippen LogP contribution in [0.3, 0.4) is 0 Å². The zero-order valence-corrected chi connectivity index (χ0v) is 26.5. The van der Waals surface area contributed by atoms with Crippen LogP contribution < -0.4 is 26.9 Å². The number of benzene rings is 4. The van der Waals surface area contributed by atoms with Gasteiger partial charge in [-0.15, -0.1) is 4.40 Å². The first kappa shape index (κ1) is 32.9. The summed E-state index contributed by atoms with van der Waals surface area (Å²) in [5, 5.41) is 6.99. The minimum Gasteiger partial charge on any atom is -0.496 e. The first-order valence-corrected chi connectivity index (χ1v) is 15.7. The molecule has 0 aliphatic carbocycles. The molecule has 2 amide bonds. The third-order valence-corrected chi connectivity index (χ3v) is 8.92. The lowest BCUT2D eigenvalue weighted by molar-refractivity contribution is 0.239. The first-order chi connectivity index (χ1) is 21.5. The Labute approximate surface area is 264 Å². The Morgan fingerprint density at radius 1 is 0.911 bits per heavy atom. The summed E-state index contributed by atoms with van der Waals surface area (Å²) >= 11 is 0. The van der Waals surface area contributed by atoms with Gasteiger partial charge in [-0.2, -0.15) is 13.5 Å². The molecule has 0 bridgehead atoms. The zero-order chi connectivity index (χ0) is 32.6. The van der Waals surface area contributed by atoms with Gasteiger partial charge in [0.15, 0.2) is 0 Å². The van der Waals surface area contributed by atoms with Gasteiger partial charge in [-0.25, -0.2) is 10.2 Å². The molecule has 234 valence electrons. The number of hydrazone groups is 1. The van der Waals surface area contributed by atoms with Crippen LogP contribution in [0.25, 0.3) is 0 Å². The Morgan fingerprint density at radius 3 is 2.13 bits per heavy atom. The number of nitrogens with two attached hydrogens (primary N) is 2. The number of carbonyl (C=O) groups excluding carboxylic acids is 1. The summed E-state index contributed by atoms with van der Waals surface area (Å²) in [4.78, 5) is 12.8. The van der Waals surface area contributed by atoms with Gasteiger partial charge in [0, 0.05) is 17.8 Å². The van der Waals surface area contributed by atoms with Gasteiger partial charge < -0.3 is 21.5 Å². The number of amides is 2. The van der Waals surface area contributed by atoms with Crippen molar-refractivity contribution in [2.24, 2.45) is 21.0 Å². The molecule has 11 heteroatoms. The molecule has 1 unspecified atom stereocenters. The molecule has 0 aromatic heterocycles. The van der Waals surface area contributed by atoms with E-state index in [1.54, 1.807) is 45.0 Å². The van der Waals surface area contributed by atoms with Crippen molar-refractivity contribution in [2.75, 3.05) is 7.11 Å². The average Bonchev–Trinajstić information content (AvgIpc) is 3.02. The number of hydrogen-bond acceptors (Lipinski definition) is 6. The van der Waals surface area contributed by atoms with E-state index in [0.717, 1.165) is 16.7 Å². The summed E-state index contributed by atoms with van der Waals surface area (Å²) in [5.41, 5.74) is 19.8. The number of carbonyl (C=O) groups is 1. The molecule has 0 fully saturated rings. The normalized spacial score (nSPS) is 12.7. The Kier molecular flexibility index (Phi) is 10.7. The number of urea groups is 1. The van der Waals surface area contributed by atoms with Crippen molar-refractivity contribution in [1.82, 2.24) is 10.7 Å². The Balaban J connectivity index is 1.41. The van der Waals surface area contributed by atoms with Gasteiger partial charge >= 0.3 is 6.03 Å². The second-order valence-electron chi connectivity index (χ2n) is 10.6. The van der Waals surface area contributed by atoms with Crippen LogP contribution in [0.15, 0.2) is 105 Å². The van der Waals surface area contributed by atoms with Crippen LogP contribution in [0.5, 0.6) is 5.75 Å². The predicted molar refractivity (Wildman–Crippen MR) is 178 cm³/mol. The summed E-state index contributed by atoms with van der Waals surface area (Å²) in [7, 11) is -2.56. The lowest BCUT2D eigenvalue weighted by Crippen LogP contribution is -2.36. The van der Waals surface area contributed by atoms with Crippen LogP contribution >= 0.6 is 0 Å². The van der Waals surface area contributed by atoms with Crippen molar-refractivity contribution in [2.45, 2.75) is 44.2 Å². The number of methoxy groups -OCH3 is 1. The molecule has 0 radical (unpaired) electrons. The highest BCUT2D eigenvalue weighted by molar-refractivity contribution is 7.90. The SMILES string of the molecule is COc1cc(C)c(S(=O)(=O)/N=C(\N)c2cccc(CC(N)/C=N\NC(=O)NC(c3ccccc3)c3ccccc3)c2)c(C)c1C. The highest BCUT2D eigenvalue weighted by Crippen LogP contribution is 2.31. The fraction of sp³-hybridized carbons (Fsp3) is 0.206. The number of nitrogens with one attached hydrogen (secondary N) is 2. The molecule has 0 saturated carbocycles. The van der Waals surface area contributed by atoms with Gasteiger partial charge in [-0.05, 0) is 72.7 Å². The van der Waals surface area contributed by atoms with Crippen LogP contribution in [0.4, 0.5) is 4.79 Å². The Bertz CT molecular complexity index is 1770. The number of aryl methyl sites for hydroxylation is 1. The third-order valence-electron chi connectivity index (χ3n) is 7.34. The smallest absolute Gasteiger partial charge is 0.335 e. The molecule has 4 rings (SSSR count). The molecule has 0 aliphatic rings. The van der Waals surface area contributed by atoms with E-state index >= 15 is 0 Å². The van der Waals surface area contributed by atoms with E-state index in [2.05, 4.69) is 20.2 Å². The molecule has 0 saturated heterocycles. The number of rotatable bonds is 11. The first-order valence-electron chi connectivity index (χ1n) is 14.3. The van der Waals surface area contributed by atoms with E-state index < -0.39 is 22.1 Å². The Morgan fingerprint density at radius 2 is 1.53 bits per heavy atom. The molecule has 0 spiro atoms. The van der Waals surface area contributed by atoms with Crippen LogP contribution in [0.2, 0.25) is 0 Å². The maximum atomic E-state index is 13.3. The topological polar surface area (TPSA) is 161 Å². The fourth-order valence-electron chi connectivity index (χ4n) is 5.05. The van der Waals surface area contributed by atoms with E-state index in [1.807, 2.05) is 66.7 Å². The molecular formula is C34H38N6O4S. The van der Waals surface area contributed by atoms with Crippen molar-refractivity contribution in [3.05, 3.63) is 130 Å². The van der Waals surface area contributed by atoms with Crippen LogP contribution in [0, 0.1) is 20.8 Å². The second kappa shape index (κ2) is 14.7. The summed E-state index contributed by atoms with van der Waals surface area (Å²) in [6, 6.07) is 26.5. The van der Waals surface area contributed by atoms with Crippen LogP contribution in [-0.2, 0) is 16.4 Å². The van der Waals surface area contributed by atoms with Gasteiger partial charge in [0.1, 0.15) is 11.6 Å². The molecule has 4 aromatic carbocycles. The predicted octanol–water partition coefficient (Wildman–Crippen LogP) is 4.66. The third kappa shape index (κ3) is 8.34. The highest BCUT2D eigenvalue weighted by atomic mass is 32.2. The van der Waals surface area contributed by atoms with Crippen molar-refractivity contribution >= 4 is 28.1 Å². The molecule has 4 aromatic rings. The quantitative estimate of drug-likeness (QED) is 0.108. The van der Waals surface area contributed by atoms with Gasteiger partial charge in [-0.1, -0.05) is 78.9 Å². The van der Waals surface area contributed by atoms with Crippen molar-refractivity contribution in [3.63, 3.8) is 0 Å². The summed E-state index contributed by atoms with van der Waals surface area (Å²) in [5.74, 6) is 0.462. The van der Waals surface area contributed by atoms with Crippen molar-refractivity contribution in [3.8, 4) is 5.75 Å². The number of nitrogens with zero attached hydrogens (tertiary/aromatic N) is 2. The monoisotopic (exact) mass is 626 g/mol. The van der Waals surface area contributed by atoms with Crippen molar-refractivity contribution in [1.29, 1.82) is 0 Å². The molecule has 0 aliphatic heterocycles. The number of hydrogen-bond donors (Lipinski definition) is 4. The molecule has 1 atom stereocenters.